The van der Waals surface area contributed by atoms with Gasteiger partial charge in [0.1, 0.15) is 6.23 Å². The maximum absolute atomic E-state index is 12.5. The summed E-state index contributed by atoms with van der Waals surface area (Å²) in [5, 5.41) is 25.6. The summed E-state index contributed by atoms with van der Waals surface area (Å²) < 4.78 is 0. The highest BCUT2D eigenvalue weighted by atomic mass is 16.3. The SMILES string of the molecule is N=C(N)N1CCC[C@H](NC(=O)CNC(=O)c2cccc(NC(=O)[C@H](N)CCCN=C(N)N)c2)C1O. The van der Waals surface area contributed by atoms with Crippen molar-refractivity contribution in [3.05, 3.63) is 29.8 Å². The minimum Gasteiger partial charge on any atom is -0.371 e. The number of aliphatic hydroxyl groups is 1. The zero-order chi connectivity index (χ0) is 26.0. The van der Waals surface area contributed by atoms with Crippen molar-refractivity contribution in [1.82, 2.24) is 15.5 Å². The number of benzene rings is 1. The van der Waals surface area contributed by atoms with E-state index in [9.17, 15) is 19.5 Å². The van der Waals surface area contributed by atoms with E-state index in [-0.39, 0.29) is 24.0 Å². The normalized spacial score (nSPS) is 18.2. The Bertz CT molecular complexity index is 950. The van der Waals surface area contributed by atoms with Crippen LogP contribution in [0.4, 0.5) is 5.69 Å². The Hall–Kier alpha value is -3.91. The number of guanidine groups is 2. The number of rotatable bonds is 10. The summed E-state index contributed by atoms with van der Waals surface area (Å²) >= 11 is 0. The number of piperidine rings is 1. The molecule has 1 aromatic carbocycles. The fourth-order valence-corrected chi connectivity index (χ4v) is 3.53. The Labute approximate surface area is 203 Å². The maximum atomic E-state index is 12.5. The highest BCUT2D eigenvalue weighted by Gasteiger charge is 2.31. The molecule has 0 aromatic heterocycles. The van der Waals surface area contributed by atoms with Gasteiger partial charge in [-0.2, -0.15) is 0 Å². The van der Waals surface area contributed by atoms with Crippen LogP contribution >= 0.6 is 0 Å². The Morgan fingerprint density at radius 3 is 2.69 bits per heavy atom. The van der Waals surface area contributed by atoms with Gasteiger partial charge in [0.05, 0.1) is 18.6 Å². The zero-order valence-electron chi connectivity index (χ0n) is 19.4. The summed E-state index contributed by atoms with van der Waals surface area (Å²) in [7, 11) is 0. The Balaban J connectivity index is 1.83. The largest absolute Gasteiger partial charge is 0.371 e. The van der Waals surface area contributed by atoms with Crippen LogP contribution in [0.15, 0.2) is 29.3 Å². The Morgan fingerprint density at radius 2 is 2.00 bits per heavy atom. The van der Waals surface area contributed by atoms with E-state index in [1.54, 1.807) is 12.1 Å². The number of carbonyl (C=O) groups is 3. The number of hydrogen-bond donors (Lipinski definition) is 9. The van der Waals surface area contributed by atoms with E-state index in [1.165, 1.54) is 17.0 Å². The lowest BCUT2D eigenvalue weighted by Gasteiger charge is -2.38. The summed E-state index contributed by atoms with van der Waals surface area (Å²) in [4.78, 5) is 42.2. The molecule has 3 atom stereocenters. The molecular weight excluding hydrogens is 456 g/mol. The number of nitrogens with zero attached hydrogens (tertiary/aromatic N) is 2. The summed E-state index contributed by atoms with van der Waals surface area (Å²) in [6.45, 7) is 0.468. The van der Waals surface area contributed by atoms with Gasteiger partial charge in [-0.15, -0.1) is 0 Å². The summed E-state index contributed by atoms with van der Waals surface area (Å²) in [5.41, 5.74) is 22.4. The van der Waals surface area contributed by atoms with Gasteiger partial charge in [0.2, 0.25) is 11.8 Å². The molecule has 35 heavy (non-hydrogen) atoms. The van der Waals surface area contributed by atoms with Gasteiger partial charge >= 0.3 is 0 Å². The van der Waals surface area contributed by atoms with Gasteiger partial charge < -0.3 is 48.9 Å². The van der Waals surface area contributed by atoms with Crippen molar-refractivity contribution in [3.8, 4) is 0 Å². The van der Waals surface area contributed by atoms with E-state index in [4.69, 9.17) is 28.3 Å². The van der Waals surface area contributed by atoms with Gasteiger partial charge in [-0.25, -0.2) is 0 Å². The molecule has 1 unspecified atom stereocenters. The topological polar surface area (TPSA) is 251 Å². The number of amides is 3. The third-order valence-corrected chi connectivity index (χ3v) is 5.36. The first kappa shape index (κ1) is 27.3. The summed E-state index contributed by atoms with van der Waals surface area (Å²) in [5.74, 6) is -1.74. The molecular formula is C21H34N10O4. The van der Waals surface area contributed by atoms with Gasteiger partial charge in [-0.3, -0.25) is 24.8 Å². The van der Waals surface area contributed by atoms with Crippen LogP contribution in [0, 0.1) is 5.41 Å². The van der Waals surface area contributed by atoms with Crippen LogP contribution in [0.1, 0.15) is 36.0 Å². The predicted molar refractivity (Wildman–Crippen MR) is 131 cm³/mol. The van der Waals surface area contributed by atoms with Crippen molar-refractivity contribution in [2.75, 3.05) is 25.0 Å². The van der Waals surface area contributed by atoms with Crippen molar-refractivity contribution >= 4 is 35.3 Å². The van der Waals surface area contributed by atoms with Crippen molar-refractivity contribution < 1.29 is 19.5 Å². The number of aliphatic hydroxyl groups excluding tert-OH is 1. The molecule has 14 heteroatoms. The van der Waals surface area contributed by atoms with E-state index in [2.05, 4.69) is 20.9 Å². The van der Waals surface area contributed by atoms with Crippen molar-refractivity contribution in [2.45, 2.75) is 44.0 Å². The van der Waals surface area contributed by atoms with Gasteiger partial charge in [0, 0.05) is 24.3 Å². The second-order valence-corrected chi connectivity index (χ2v) is 8.12. The molecule has 0 bridgehead atoms. The number of nitrogens with two attached hydrogens (primary N) is 4. The fraction of sp³-hybridized carbons (Fsp3) is 0.476. The quantitative estimate of drug-likeness (QED) is 0.0955. The predicted octanol–water partition coefficient (Wildman–Crippen LogP) is -2.47. The van der Waals surface area contributed by atoms with Crippen LogP contribution < -0.4 is 38.9 Å². The average molecular weight is 491 g/mol. The second-order valence-electron chi connectivity index (χ2n) is 8.12. The molecule has 1 aromatic rings. The number of hydrogen-bond acceptors (Lipinski definition) is 7. The third kappa shape index (κ3) is 8.75. The first-order valence-electron chi connectivity index (χ1n) is 11.2. The van der Waals surface area contributed by atoms with Crippen LogP contribution in [-0.2, 0) is 9.59 Å². The lowest BCUT2D eigenvalue weighted by atomic mass is 10.0. The smallest absolute Gasteiger partial charge is 0.251 e. The number of anilines is 1. The molecule has 0 saturated carbocycles. The second kappa shape index (κ2) is 13.1. The lowest BCUT2D eigenvalue weighted by molar-refractivity contribution is -0.123. The number of carbonyl (C=O) groups excluding carboxylic acids is 3. The molecule has 1 aliphatic rings. The maximum Gasteiger partial charge on any atom is 0.251 e. The molecule has 14 nitrogen and oxygen atoms in total. The molecule has 1 heterocycles. The monoisotopic (exact) mass is 490 g/mol. The van der Waals surface area contributed by atoms with E-state index in [0.29, 0.717) is 44.5 Å². The third-order valence-electron chi connectivity index (χ3n) is 5.36. The highest BCUT2D eigenvalue weighted by Crippen LogP contribution is 2.15. The molecule has 13 N–H and O–H groups in total. The summed E-state index contributed by atoms with van der Waals surface area (Å²) in [6, 6.07) is 4.81. The molecule has 0 radical (unpaired) electrons. The Morgan fingerprint density at radius 1 is 1.26 bits per heavy atom. The minimum atomic E-state index is -1.11. The van der Waals surface area contributed by atoms with Crippen molar-refractivity contribution in [1.29, 1.82) is 5.41 Å². The molecule has 1 aliphatic heterocycles. The molecule has 0 spiro atoms. The lowest BCUT2D eigenvalue weighted by Crippen LogP contribution is -2.59. The van der Waals surface area contributed by atoms with E-state index in [1.807, 2.05) is 0 Å². The van der Waals surface area contributed by atoms with Crippen LogP contribution in [-0.4, -0.2) is 77.6 Å². The van der Waals surface area contributed by atoms with Crippen LogP contribution in [0.3, 0.4) is 0 Å². The van der Waals surface area contributed by atoms with Crippen LogP contribution in [0.5, 0.6) is 0 Å². The molecule has 192 valence electrons. The summed E-state index contributed by atoms with van der Waals surface area (Å²) in [6.07, 6.45) is 0.952. The number of nitrogens with one attached hydrogen (secondary N) is 4. The first-order chi connectivity index (χ1) is 16.6. The van der Waals surface area contributed by atoms with E-state index in [0.717, 1.165) is 0 Å². The average Bonchev–Trinajstić information content (AvgIpc) is 2.81. The fourth-order valence-electron chi connectivity index (χ4n) is 3.53. The zero-order valence-corrected chi connectivity index (χ0v) is 19.4. The molecule has 3 amide bonds. The minimum absolute atomic E-state index is 0.0261. The van der Waals surface area contributed by atoms with Crippen molar-refractivity contribution in [3.63, 3.8) is 0 Å². The number of aliphatic imine (C=N–C) groups is 1. The van der Waals surface area contributed by atoms with E-state index < -0.39 is 36.0 Å². The Kier molecular flexibility index (Phi) is 10.2. The number of likely N-dealkylation sites (tertiary alicyclic amines) is 1. The first-order valence-corrected chi connectivity index (χ1v) is 11.2. The molecule has 1 saturated heterocycles. The molecule has 1 fully saturated rings. The molecule has 2 rings (SSSR count). The van der Waals surface area contributed by atoms with Crippen LogP contribution in [0.25, 0.3) is 0 Å². The van der Waals surface area contributed by atoms with Crippen LogP contribution in [0.2, 0.25) is 0 Å². The molecule has 0 aliphatic carbocycles. The highest BCUT2D eigenvalue weighted by molar-refractivity contribution is 5.99. The van der Waals surface area contributed by atoms with Gasteiger partial charge in [0.25, 0.3) is 5.91 Å². The van der Waals surface area contributed by atoms with Gasteiger partial charge in [0.15, 0.2) is 11.9 Å². The van der Waals surface area contributed by atoms with E-state index >= 15 is 0 Å². The van der Waals surface area contributed by atoms with Gasteiger partial charge in [-0.05, 0) is 43.9 Å². The standard InChI is InChI=1S/C21H34N10O4/c22-14(6-2-8-27-20(23)24)18(34)29-13-5-1-4-12(10-13)17(33)28-11-16(32)30-15-7-3-9-31(19(15)35)21(25)26/h1,4-5,10,14-15,19,35H,2-3,6-9,11,22H2,(H3,25,26)(H,28,33)(H,29,34)(H,30,32)(H4,23,24,27)/t14-,15+,19?/m1/s1. The van der Waals surface area contributed by atoms with Crippen molar-refractivity contribution in [2.24, 2.45) is 27.9 Å². The van der Waals surface area contributed by atoms with Gasteiger partial charge in [-0.1, -0.05) is 6.07 Å².